The quantitative estimate of drug-likeness (QED) is 0.750. The number of hydrogen-bond donors (Lipinski definition) is 0. The van der Waals surface area contributed by atoms with Gasteiger partial charge in [-0.25, -0.2) is 4.39 Å². The van der Waals surface area contributed by atoms with Crippen molar-refractivity contribution in [2.24, 2.45) is 0 Å². The number of hydrogen-bond acceptors (Lipinski definition) is 1. The minimum Gasteiger partial charge on any atom is -0.385 e. The first-order valence-corrected chi connectivity index (χ1v) is 5.68. The third kappa shape index (κ3) is 3.60. The van der Waals surface area contributed by atoms with Crippen LogP contribution in [0.1, 0.15) is 44.5 Å². The second-order valence-corrected chi connectivity index (χ2v) is 5.12. The zero-order valence-electron chi connectivity index (χ0n) is 10.6. The average Bonchev–Trinajstić information content (AvgIpc) is 2.25. The van der Waals surface area contributed by atoms with Crippen molar-refractivity contribution in [2.75, 3.05) is 13.7 Å². The first-order chi connectivity index (χ1) is 7.45. The number of rotatable bonds is 4. The summed E-state index contributed by atoms with van der Waals surface area (Å²) in [5.74, 6) is 0. The molecule has 0 spiro atoms. The molecule has 0 amide bonds. The smallest absolute Gasteiger partial charge is 0.127 e. The van der Waals surface area contributed by atoms with E-state index in [4.69, 9.17) is 4.74 Å². The summed E-state index contributed by atoms with van der Waals surface area (Å²) in [5, 5.41) is 0. The van der Waals surface area contributed by atoms with E-state index in [1.54, 1.807) is 7.11 Å². The van der Waals surface area contributed by atoms with Gasteiger partial charge in [0.1, 0.15) is 6.17 Å². The van der Waals surface area contributed by atoms with Gasteiger partial charge >= 0.3 is 0 Å². The molecule has 1 nitrogen and oxygen atoms in total. The topological polar surface area (TPSA) is 9.23 Å². The first kappa shape index (κ1) is 13.2. The predicted octanol–water partition coefficient (Wildman–Crippen LogP) is 4.03. The number of methoxy groups -OCH3 is 1. The summed E-state index contributed by atoms with van der Waals surface area (Å²) in [6.45, 7) is 6.92. The Balaban J connectivity index is 2.71. The molecule has 0 saturated carbocycles. The molecule has 0 bridgehead atoms. The Labute approximate surface area is 97.6 Å². The fraction of sp³-hybridized carbons (Fsp3) is 0.571. The minimum atomic E-state index is -0.922. The van der Waals surface area contributed by atoms with Crippen LogP contribution in [0.4, 0.5) is 4.39 Å². The highest BCUT2D eigenvalue weighted by atomic mass is 19.1. The largest absolute Gasteiger partial charge is 0.385 e. The van der Waals surface area contributed by atoms with Crippen molar-refractivity contribution in [3.63, 3.8) is 0 Å². The van der Waals surface area contributed by atoms with E-state index in [1.807, 2.05) is 24.3 Å². The summed E-state index contributed by atoms with van der Waals surface area (Å²) in [6, 6.07) is 7.77. The van der Waals surface area contributed by atoms with Crippen LogP contribution in [0.5, 0.6) is 0 Å². The molecular weight excluding hydrogens is 203 g/mol. The van der Waals surface area contributed by atoms with Gasteiger partial charge in [-0.05, 0) is 16.5 Å². The van der Waals surface area contributed by atoms with E-state index in [2.05, 4.69) is 20.8 Å². The van der Waals surface area contributed by atoms with Crippen LogP contribution in [0.15, 0.2) is 24.3 Å². The molecule has 1 atom stereocenters. The Hall–Kier alpha value is -0.890. The normalized spacial score (nSPS) is 13.8. The predicted molar refractivity (Wildman–Crippen MR) is 65.5 cm³/mol. The van der Waals surface area contributed by atoms with Crippen molar-refractivity contribution in [3.8, 4) is 0 Å². The van der Waals surface area contributed by atoms with Crippen LogP contribution in [0.3, 0.4) is 0 Å². The van der Waals surface area contributed by atoms with Gasteiger partial charge in [-0.3, -0.25) is 0 Å². The lowest BCUT2D eigenvalue weighted by atomic mass is 9.86. The highest BCUT2D eigenvalue weighted by Crippen LogP contribution is 2.26. The van der Waals surface area contributed by atoms with Gasteiger partial charge in [-0.15, -0.1) is 0 Å². The van der Waals surface area contributed by atoms with Crippen LogP contribution >= 0.6 is 0 Å². The van der Waals surface area contributed by atoms with Gasteiger partial charge < -0.3 is 4.74 Å². The van der Waals surface area contributed by atoms with E-state index in [9.17, 15) is 4.39 Å². The van der Waals surface area contributed by atoms with Crippen molar-refractivity contribution >= 4 is 0 Å². The molecule has 0 N–H and O–H groups in total. The van der Waals surface area contributed by atoms with Crippen LogP contribution in [0.2, 0.25) is 0 Å². The van der Waals surface area contributed by atoms with Crippen molar-refractivity contribution in [1.29, 1.82) is 0 Å². The van der Waals surface area contributed by atoms with Crippen molar-refractivity contribution in [2.45, 2.75) is 38.8 Å². The minimum absolute atomic E-state index is 0.122. The summed E-state index contributed by atoms with van der Waals surface area (Å²) in [6.07, 6.45) is -0.500. The van der Waals surface area contributed by atoms with E-state index in [0.717, 1.165) is 5.56 Å². The van der Waals surface area contributed by atoms with E-state index in [0.29, 0.717) is 13.0 Å². The third-order valence-electron chi connectivity index (χ3n) is 2.71. The summed E-state index contributed by atoms with van der Waals surface area (Å²) in [7, 11) is 1.59. The van der Waals surface area contributed by atoms with Crippen molar-refractivity contribution in [3.05, 3.63) is 35.4 Å². The van der Waals surface area contributed by atoms with Crippen molar-refractivity contribution in [1.82, 2.24) is 0 Å². The van der Waals surface area contributed by atoms with Crippen LogP contribution in [0.25, 0.3) is 0 Å². The Morgan fingerprint density at radius 1 is 1.19 bits per heavy atom. The second kappa shape index (κ2) is 5.44. The molecule has 0 heterocycles. The second-order valence-electron chi connectivity index (χ2n) is 5.12. The summed E-state index contributed by atoms with van der Waals surface area (Å²) in [4.78, 5) is 0. The zero-order chi connectivity index (χ0) is 12.2. The van der Waals surface area contributed by atoms with Crippen LogP contribution in [0, 0.1) is 0 Å². The van der Waals surface area contributed by atoms with E-state index < -0.39 is 6.17 Å². The molecule has 0 aliphatic heterocycles. The number of ether oxygens (including phenoxy) is 1. The molecule has 0 aromatic heterocycles. The maximum Gasteiger partial charge on any atom is 0.127 e. The molecule has 1 aromatic carbocycles. The highest BCUT2D eigenvalue weighted by molar-refractivity contribution is 5.28. The number of benzene rings is 1. The van der Waals surface area contributed by atoms with Gasteiger partial charge in [-0.1, -0.05) is 45.0 Å². The monoisotopic (exact) mass is 224 g/mol. The third-order valence-corrected chi connectivity index (χ3v) is 2.71. The Kier molecular flexibility index (Phi) is 4.48. The van der Waals surface area contributed by atoms with Gasteiger partial charge in [0.05, 0.1) is 0 Å². The molecular formula is C14H21FO. The number of halogens is 1. The molecule has 2 heteroatoms. The summed E-state index contributed by atoms with van der Waals surface area (Å²) < 4.78 is 18.5. The van der Waals surface area contributed by atoms with E-state index in [-0.39, 0.29) is 5.41 Å². The van der Waals surface area contributed by atoms with Gasteiger partial charge in [0.15, 0.2) is 0 Å². The first-order valence-electron chi connectivity index (χ1n) is 5.68. The fourth-order valence-corrected chi connectivity index (χ4v) is 1.58. The van der Waals surface area contributed by atoms with Gasteiger partial charge in [0, 0.05) is 20.1 Å². The van der Waals surface area contributed by atoms with Gasteiger partial charge in [0.2, 0.25) is 0 Å². The Bertz CT molecular complexity index is 311. The molecule has 0 aliphatic carbocycles. The van der Waals surface area contributed by atoms with E-state index >= 15 is 0 Å². The Morgan fingerprint density at radius 2 is 1.75 bits per heavy atom. The van der Waals surface area contributed by atoms with Crippen molar-refractivity contribution < 1.29 is 9.13 Å². The molecule has 90 valence electrons. The maximum absolute atomic E-state index is 13.7. The Morgan fingerprint density at radius 3 is 2.19 bits per heavy atom. The molecule has 1 unspecified atom stereocenters. The fourth-order valence-electron chi connectivity index (χ4n) is 1.58. The van der Waals surface area contributed by atoms with Crippen LogP contribution in [-0.2, 0) is 10.2 Å². The lowest BCUT2D eigenvalue weighted by Gasteiger charge is -2.19. The summed E-state index contributed by atoms with van der Waals surface area (Å²) in [5.41, 5.74) is 2.09. The van der Waals surface area contributed by atoms with Gasteiger partial charge in [-0.2, -0.15) is 0 Å². The zero-order valence-corrected chi connectivity index (χ0v) is 10.6. The molecule has 1 aromatic rings. The standard InChI is InChI=1S/C14H21FO/c1-14(2,3)12-7-5-11(6-8-12)13(15)9-10-16-4/h5-8,13H,9-10H2,1-4H3. The van der Waals surface area contributed by atoms with Crippen LogP contribution in [-0.4, -0.2) is 13.7 Å². The molecule has 0 fully saturated rings. The SMILES string of the molecule is COCCC(F)c1ccc(C(C)(C)C)cc1. The molecule has 16 heavy (non-hydrogen) atoms. The molecule has 0 aliphatic rings. The molecule has 0 saturated heterocycles. The van der Waals surface area contributed by atoms with E-state index in [1.165, 1.54) is 5.56 Å². The van der Waals surface area contributed by atoms with Crippen LogP contribution < -0.4 is 0 Å². The lowest BCUT2D eigenvalue weighted by Crippen LogP contribution is -2.10. The molecule has 1 rings (SSSR count). The van der Waals surface area contributed by atoms with Gasteiger partial charge in [0.25, 0.3) is 0 Å². The lowest BCUT2D eigenvalue weighted by molar-refractivity contribution is 0.162. The molecule has 0 radical (unpaired) electrons. The highest BCUT2D eigenvalue weighted by Gasteiger charge is 2.15. The maximum atomic E-state index is 13.7. The summed E-state index contributed by atoms with van der Waals surface area (Å²) >= 11 is 0. The number of alkyl halides is 1. The average molecular weight is 224 g/mol.